The Morgan fingerprint density at radius 3 is 2.52 bits per heavy atom. The second-order valence-electron chi connectivity index (χ2n) is 12.9. The van der Waals surface area contributed by atoms with Gasteiger partial charge >= 0.3 is 0 Å². The Kier molecular flexibility index (Phi) is 5.67. The summed E-state index contributed by atoms with van der Waals surface area (Å²) < 4.78 is 6.18. The molecule has 0 aromatic heterocycles. The first-order valence-electron chi connectivity index (χ1n) is 12.4. The Bertz CT molecular complexity index is 956. The van der Waals surface area contributed by atoms with Crippen LogP contribution in [0, 0.1) is 28.6 Å². The summed E-state index contributed by atoms with van der Waals surface area (Å²) in [4.78, 5) is 39.1. The van der Waals surface area contributed by atoms with E-state index in [1.165, 1.54) is 0 Å². The van der Waals surface area contributed by atoms with Gasteiger partial charge in [-0.15, -0.1) is 0 Å². The van der Waals surface area contributed by atoms with E-state index in [0.717, 1.165) is 24.8 Å². The highest BCUT2D eigenvalue weighted by Crippen LogP contribution is 2.66. The largest absolute Gasteiger partial charge is 0.409 e. The lowest BCUT2D eigenvalue weighted by molar-refractivity contribution is -0.168. The Hall–Kier alpha value is -1.37. The molecule has 0 heterocycles. The number of aliphatic hydroxyl groups is 1. The maximum absolute atomic E-state index is 13.7. The quantitative estimate of drug-likeness (QED) is 0.595. The molecule has 0 saturated heterocycles. The van der Waals surface area contributed by atoms with Crippen molar-refractivity contribution in [1.29, 1.82) is 0 Å². The lowest BCUT2D eigenvalue weighted by atomic mass is 9.46. The van der Waals surface area contributed by atoms with E-state index in [2.05, 4.69) is 40.8 Å². The average molecular weight is 473 g/mol. The van der Waals surface area contributed by atoms with Crippen LogP contribution in [0.25, 0.3) is 0 Å². The fourth-order valence-electron chi connectivity index (χ4n) is 7.07. The topological polar surface area (TPSA) is 80.7 Å². The van der Waals surface area contributed by atoms with Gasteiger partial charge in [0, 0.05) is 23.2 Å². The van der Waals surface area contributed by atoms with E-state index < -0.39 is 24.7 Å². The van der Waals surface area contributed by atoms with Crippen molar-refractivity contribution in [1.82, 2.24) is 0 Å². The zero-order valence-corrected chi connectivity index (χ0v) is 22.3. The van der Waals surface area contributed by atoms with E-state index in [1.54, 1.807) is 12.2 Å². The predicted octanol–water partition coefficient (Wildman–Crippen LogP) is 4.80. The van der Waals surface area contributed by atoms with E-state index >= 15 is 0 Å². The highest BCUT2D eigenvalue weighted by molar-refractivity contribution is 6.74. The molecule has 0 radical (unpaired) electrons. The zero-order valence-electron chi connectivity index (χ0n) is 21.3. The van der Waals surface area contributed by atoms with Crippen LogP contribution < -0.4 is 0 Å². The van der Waals surface area contributed by atoms with Crippen LogP contribution in [-0.4, -0.2) is 43.0 Å². The summed E-state index contributed by atoms with van der Waals surface area (Å²) in [5, 5.41) is 11.8. The van der Waals surface area contributed by atoms with E-state index in [1.807, 2.05) is 13.0 Å². The molecule has 4 aliphatic carbocycles. The summed E-state index contributed by atoms with van der Waals surface area (Å²) in [6.07, 6.45) is 8.18. The molecule has 0 amide bonds. The van der Waals surface area contributed by atoms with E-state index in [0.29, 0.717) is 6.42 Å². The lowest BCUT2D eigenvalue weighted by Gasteiger charge is -2.56. The van der Waals surface area contributed by atoms with Crippen LogP contribution in [0.5, 0.6) is 0 Å². The molecule has 5 nitrogen and oxygen atoms in total. The zero-order chi connectivity index (χ0) is 24.6. The van der Waals surface area contributed by atoms with Crippen LogP contribution in [0.1, 0.15) is 66.7 Å². The monoisotopic (exact) mass is 472 g/mol. The third-order valence-corrected chi connectivity index (χ3v) is 14.7. The number of carbonyl (C=O) groups is 3. The number of hydrogen-bond acceptors (Lipinski definition) is 5. The molecule has 0 aliphatic heterocycles. The first kappa shape index (κ1) is 24.7. The maximum Gasteiger partial charge on any atom is 0.192 e. The summed E-state index contributed by atoms with van der Waals surface area (Å²) >= 11 is 0. The minimum Gasteiger partial charge on any atom is -0.409 e. The molecular formula is C27H40O5Si. The van der Waals surface area contributed by atoms with Crippen LogP contribution in [0.15, 0.2) is 23.8 Å². The van der Waals surface area contributed by atoms with Crippen LogP contribution in [-0.2, 0) is 18.8 Å². The van der Waals surface area contributed by atoms with Crippen LogP contribution >= 0.6 is 0 Å². The van der Waals surface area contributed by atoms with E-state index in [4.69, 9.17) is 4.43 Å². The fraction of sp³-hybridized carbons (Fsp3) is 0.741. The molecule has 182 valence electrons. The average Bonchev–Trinajstić information content (AvgIpc) is 2.97. The van der Waals surface area contributed by atoms with Crippen molar-refractivity contribution >= 4 is 25.7 Å². The second-order valence-corrected chi connectivity index (χ2v) is 17.7. The SMILES string of the molecule is CC(C)(C)[Si](C)(C)OCC(=O)[C@@]1(O)CC[C@H]2[C@@H]3CCC4=CC(=O)C=C[C@]4(C)[C@H]3C(=O)C[C@@]21C. The number of ketones is 3. The molecule has 4 aliphatic rings. The van der Waals surface area contributed by atoms with Crippen molar-refractivity contribution in [3.8, 4) is 0 Å². The van der Waals surface area contributed by atoms with Gasteiger partial charge in [0.15, 0.2) is 19.9 Å². The number of fused-ring (bicyclic) bond motifs is 5. The van der Waals surface area contributed by atoms with Gasteiger partial charge in [-0.3, -0.25) is 14.4 Å². The van der Waals surface area contributed by atoms with Crippen LogP contribution in [0.4, 0.5) is 0 Å². The van der Waals surface area contributed by atoms with Crippen molar-refractivity contribution in [2.24, 2.45) is 28.6 Å². The predicted molar refractivity (Wildman–Crippen MR) is 130 cm³/mol. The van der Waals surface area contributed by atoms with E-state index in [9.17, 15) is 19.5 Å². The minimum absolute atomic E-state index is 0.00316. The molecule has 0 aromatic carbocycles. The lowest BCUT2D eigenvalue weighted by Crippen LogP contribution is -2.61. The molecule has 0 aromatic rings. The molecule has 0 spiro atoms. The van der Waals surface area contributed by atoms with Gasteiger partial charge in [-0.1, -0.05) is 46.3 Å². The van der Waals surface area contributed by atoms with Gasteiger partial charge < -0.3 is 9.53 Å². The molecule has 0 unspecified atom stereocenters. The van der Waals surface area contributed by atoms with Gasteiger partial charge in [0.2, 0.25) is 0 Å². The minimum atomic E-state index is -2.14. The molecule has 6 atom stereocenters. The Morgan fingerprint density at radius 1 is 1.21 bits per heavy atom. The molecule has 4 rings (SSSR count). The van der Waals surface area contributed by atoms with Gasteiger partial charge in [-0.05, 0) is 67.8 Å². The number of Topliss-reactive ketones (excluding diaryl/α,β-unsaturated/α-hetero) is 2. The Labute approximate surface area is 199 Å². The van der Waals surface area contributed by atoms with Gasteiger partial charge in [0.05, 0.1) is 6.61 Å². The highest BCUT2D eigenvalue weighted by Gasteiger charge is 2.68. The molecule has 3 saturated carbocycles. The normalized spacial score (nSPS) is 40.7. The van der Waals surface area contributed by atoms with Crippen LogP contribution in [0.2, 0.25) is 18.1 Å². The molecular weight excluding hydrogens is 432 g/mol. The van der Waals surface area contributed by atoms with Crippen molar-refractivity contribution in [2.75, 3.05) is 6.61 Å². The Balaban J connectivity index is 1.60. The van der Waals surface area contributed by atoms with Gasteiger partial charge in [-0.25, -0.2) is 0 Å². The van der Waals surface area contributed by atoms with Crippen molar-refractivity contribution in [3.63, 3.8) is 0 Å². The third kappa shape index (κ3) is 3.50. The van der Waals surface area contributed by atoms with Crippen LogP contribution in [0.3, 0.4) is 0 Å². The van der Waals surface area contributed by atoms with Gasteiger partial charge in [-0.2, -0.15) is 0 Å². The van der Waals surface area contributed by atoms with E-state index in [-0.39, 0.29) is 53.2 Å². The summed E-state index contributed by atoms with van der Waals surface area (Å²) in [6.45, 7) is 14.5. The first-order chi connectivity index (χ1) is 15.1. The molecule has 1 N–H and O–H groups in total. The van der Waals surface area contributed by atoms with Crippen molar-refractivity contribution in [2.45, 2.75) is 90.5 Å². The number of hydrogen-bond donors (Lipinski definition) is 1. The van der Waals surface area contributed by atoms with Crippen molar-refractivity contribution in [3.05, 3.63) is 23.8 Å². The molecule has 0 bridgehead atoms. The molecule has 3 fully saturated rings. The van der Waals surface area contributed by atoms with Crippen molar-refractivity contribution < 1.29 is 23.9 Å². The standard InChI is InChI=1S/C27H40O5Si/c1-24(2,3)33(6,7)32-16-22(30)27(31)13-11-20-19-9-8-17-14-18(28)10-12-25(17,4)23(19)21(29)15-26(20,27)5/h10,12,14,19-20,23,31H,8-9,11,13,15-16H2,1-7H3/t19-,20-,23+,25-,26-,27-/m0/s1. The van der Waals surface area contributed by atoms with Gasteiger partial charge in [0.25, 0.3) is 0 Å². The fourth-order valence-corrected chi connectivity index (χ4v) is 8.00. The molecule has 6 heteroatoms. The highest BCUT2D eigenvalue weighted by atomic mass is 28.4. The second kappa shape index (κ2) is 7.56. The summed E-state index contributed by atoms with van der Waals surface area (Å²) in [5.74, 6) is -0.137. The Morgan fingerprint density at radius 2 is 1.88 bits per heavy atom. The summed E-state index contributed by atoms with van der Waals surface area (Å²) in [5.41, 5.74) is -1.69. The first-order valence-corrected chi connectivity index (χ1v) is 15.3. The number of carbonyl (C=O) groups excluding carboxylic acids is 3. The summed E-state index contributed by atoms with van der Waals surface area (Å²) in [6, 6.07) is 0. The third-order valence-electron chi connectivity index (χ3n) is 10.2. The smallest absolute Gasteiger partial charge is 0.192 e. The van der Waals surface area contributed by atoms with Gasteiger partial charge in [0.1, 0.15) is 11.4 Å². The number of rotatable bonds is 4. The summed E-state index contributed by atoms with van der Waals surface area (Å²) in [7, 11) is -2.14. The maximum atomic E-state index is 13.7. The molecule has 33 heavy (non-hydrogen) atoms. The number of allylic oxidation sites excluding steroid dienone is 4.